The molecule has 16 heavy (non-hydrogen) atoms. The number of methoxy groups -OCH3 is 1. The fourth-order valence-corrected chi connectivity index (χ4v) is 1.29. The first-order valence-corrected chi connectivity index (χ1v) is 4.88. The molecule has 0 spiro atoms. The lowest BCUT2D eigenvalue weighted by molar-refractivity contribution is -0.116. The van der Waals surface area contributed by atoms with E-state index in [9.17, 15) is 4.79 Å². The van der Waals surface area contributed by atoms with Gasteiger partial charge >= 0.3 is 0 Å². The van der Waals surface area contributed by atoms with Crippen LogP contribution in [0.15, 0.2) is 18.2 Å². The largest absolute Gasteiger partial charge is 0.495 e. The van der Waals surface area contributed by atoms with Gasteiger partial charge in [-0.05, 0) is 12.1 Å². The first-order chi connectivity index (χ1) is 7.17. The molecule has 6 heteroatoms. The number of benzene rings is 1. The Bertz CT molecular complexity index is 359. The number of nitrogens with two attached hydrogens (primary N) is 1. The number of halogens is 2. The van der Waals surface area contributed by atoms with E-state index in [4.69, 9.17) is 22.1 Å². The van der Waals surface area contributed by atoms with Crippen LogP contribution < -0.4 is 15.8 Å². The van der Waals surface area contributed by atoms with E-state index in [0.29, 0.717) is 29.4 Å². The molecule has 0 unspecified atom stereocenters. The van der Waals surface area contributed by atoms with E-state index in [2.05, 4.69) is 5.32 Å². The van der Waals surface area contributed by atoms with Gasteiger partial charge in [-0.2, -0.15) is 0 Å². The lowest BCUT2D eigenvalue weighted by Crippen LogP contribution is -2.16. The highest BCUT2D eigenvalue weighted by Crippen LogP contribution is 2.27. The second-order valence-electron chi connectivity index (χ2n) is 2.94. The topological polar surface area (TPSA) is 64.3 Å². The number of ether oxygens (including phenoxy) is 1. The predicted octanol–water partition coefficient (Wildman–Crippen LogP) is 2.06. The molecule has 0 fully saturated rings. The van der Waals surface area contributed by atoms with Crippen LogP contribution in [-0.2, 0) is 4.79 Å². The van der Waals surface area contributed by atoms with Crippen molar-refractivity contribution in [1.29, 1.82) is 0 Å². The van der Waals surface area contributed by atoms with E-state index in [1.54, 1.807) is 18.2 Å². The molecule has 0 aromatic heterocycles. The highest BCUT2D eigenvalue weighted by atomic mass is 35.5. The summed E-state index contributed by atoms with van der Waals surface area (Å²) in [6.45, 7) is 0.330. The summed E-state index contributed by atoms with van der Waals surface area (Å²) in [5.41, 5.74) is 5.90. The Morgan fingerprint density at radius 2 is 2.25 bits per heavy atom. The lowest BCUT2D eigenvalue weighted by atomic mass is 10.3. The van der Waals surface area contributed by atoms with Crippen molar-refractivity contribution in [2.24, 2.45) is 5.73 Å². The van der Waals surface area contributed by atoms with Gasteiger partial charge in [-0.15, -0.1) is 12.4 Å². The quantitative estimate of drug-likeness (QED) is 0.875. The molecule has 3 N–H and O–H groups in total. The van der Waals surface area contributed by atoms with Crippen molar-refractivity contribution in [3.63, 3.8) is 0 Å². The summed E-state index contributed by atoms with van der Waals surface area (Å²) in [6, 6.07) is 5.04. The smallest absolute Gasteiger partial charge is 0.225 e. The van der Waals surface area contributed by atoms with Crippen molar-refractivity contribution in [2.45, 2.75) is 6.42 Å². The second kappa shape index (κ2) is 7.33. The summed E-state index contributed by atoms with van der Waals surface area (Å²) in [6.07, 6.45) is 0.297. The van der Waals surface area contributed by atoms with Crippen LogP contribution in [0.3, 0.4) is 0 Å². The van der Waals surface area contributed by atoms with Crippen molar-refractivity contribution < 1.29 is 9.53 Å². The summed E-state index contributed by atoms with van der Waals surface area (Å²) in [4.78, 5) is 11.2. The SMILES string of the molecule is COc1cc(NC(=O)CCN)ccc1Cl.Cl. The summed E-state index contributed by atoms with van der Waals surface area (Å²) in [5, 5.41) is 3.20. The molecule has 0 heterocycles. The van der Waals surface area contributed by atoms with Crippen LogP contribution in [0.4, 0.5) is 5.69 Å². The number of hydrogen-bond donors (Lipinski definition) is 2. The van der Waals surface area contributed by atoms with Crippen LogP contribution in [0, 0.1) is 0 Å². The predicted molar refractivity (Wildman–Crippen MR) is 67.6 cm³/mol. The van der Waals surface area contributed by atoms with Gasteiger partial charge in [-0.1, -0.05) is 11.6 Å². The standard InChI is InChI=1S/C10H13ClN2O2.ClH/c1-15-9-6-7(2-3-8(9)11)13-10(14)4-5-12;/h2-3,6H,4-5,12H2,1H3,(H,13,14);1H. The third kappa shape index (κ3) is 4.26. The number of rotatable bonds is 4. The van der Waals surface area contributed by atoms with Gasteiger partial charge in [0.2, 0.25) is 5.91 Å². The molecule has 0 saturated heterocycles. The molecule has 0 aliphatic heterocycles. The van der Waals surface area contributed by atoms with Crippen LogP contribution in [0.5, 0.6) is 5.75 Å². The van der Waals surface area contributed by atoms with Crippen molar-refractivity contribution >= 4 is 35.6 Å². The van der Waals surface area contributed by atoms with E-state index in [0.717, 1.165) is 0 Å². The fourth-order valence-electron chi connectivity index (χ4n) is 1.09. The van der Waals surface area contributed by atoms with Crippen LogP contribution in [0.25, 0.3) is 0 Å². The van der Waals surface area contributed by atoms with Gasteiger partial charge in [0.1, 0.15) is 5.75 Å². The molecule has 1 amide bonds. The number of anilines is 1. The van der Waals surface area contributed by atoms with Crippen molar-refractivity contribution in [1.82, 2.24) is 0 Å². The Morgan fingerprint density at radius 1 is 1.56 bits per heavy atom. The Kier molecular flexibility index (Phi) is 6.88. The minimum atomic E-state index is -0.123. The molecule has 0 aliphatic carbocycles. The Labute approximate surface area is 106 Å². The lowest BCUT2D eigenvalue weighted by Gasteiger charge is -2.07. The van der Waals surface area contributed by atoms with Crippen molar-refractivity contribution in [3.05, 3.63) is 23.2 Å². The van der Waals surface area contributed by atoms with Gasteiger partial charge in [-0.25, -0.2) is 0 Å². The van der Waals surface area contributed by atoms with Gasteiger partial charge in [0.05, 0.1) is 12.1 Å². The number of carbonyl (C=O) groups is 1. The Morgan fingerprint density at radius 3 is 2.81 bits per heavy atom. The van der Waals surface area contributed by atoms with E-state index in [1.807, 2.05) is 0 Å². The molecule has 0 bridgehead atoms. The first-order valence-electron chi connectivity index (χ1n) is 4.51. The molecule has 4 nitrogen and oxygen atoms in total. The zero-order valence-corrected chi connectivity index (χ0v) is 10.4. The Hall–Kier alpha value is -0.970. The van der Waals surface area contributed by atoms with Crippen molar-refractivity contribution in [3.8, 4) is 5.75 Å². The molecule has 90 valence electrons. The highest BCUT2D eigenvalue weighted by Gasteiger charge is 2.04. The average molecular weight is 265 g/mol. The van der Waals surface area contributed by atoms with Crippen LogP contribution in [-0.4, -0.2) is 19.6 Å². The minimum absolute atomic E-state index is 0. The van der Waals surface area contributed by atoms with Crippen molar-refractivity contribution in [2.75, 3.05) is 19.0 Å². The summed E-state index contributed by atoms with van der Waals surface area (Å²) < 4.78 is 5.02. The zero-order chi connectivity index (χ0) is 11.3. The minimum Gasteiger partial charge on any atom is -0.495 e. The molecular formula is C10H14Cl2N2O2. The zero-order valence-electron chi connectivity index (χ0n) is 8.83. The molecule has 0 aliphatic rings. The number of carbonyl (C=O) groups excluding carboxylic acids is 1. The summed E-state index contributed by atoms with van der Waals surface area (Å²) >= 11 is 5.84. The van der Waals surface area contributed by atoms with Gasteiger partial charge in [0.15, 0.2) is 0 Å². The summed E-state index contributed by atoms with van der Waals surface area (Å²) in [7, 11) is 1.52. The third-order valence-corrected chi connectivity index (χ3v) is 2.12. The summed E-state index contributed by atoms with van der Waals surface area (Å²) in [5.74, 6) is 0.407. The Balaban J connectivity index is 0.00000225. The molecule has 0 atom stereocenters. The maximum absolute atomic E-state index is 11.2. The second-order valence-corrected chi connectivity index (χ2v) is 3.34. The molecular weight excluding hydrogens is 251 g/mol. The van der Waals surface area contributed by atoms with Crippen LogP contribution in [0.1, 0.15) is 6.42 Å². The van der Waals surface area contributed by atoms with E-state index >= 15 is 0 Å². The van der Waals surface area contributed by atoms with Gasteiger partial charge in [0, 0.05) is 24.7 Å². The maximum Gasteiger partial charge on any atom is 0.225 e. The fraction of sp³-hybridized carbons (Fsp3) is 0.300. The molecule has 1 aromatic carbocycles. The molecule has 0 saturated carbocycles. The van der Waals surface area contributed by atoms with Crippen LogP contribution in [0.2, 0.25) is 5.02 Å². The molecule has 1 rings (SSSR count). The van der Waals surface area contributed by atoms with Crippen LogP contribution >= 0.6 is 24.0 Å². The number of hydrogen-bond acceptors (Lipinski definition) is 3. The van der Waals surface area contributed by atoms with E-state index in [-0.39, 0.29) is 18.3 Å². The maximum atomic E-state index is 11.2. The normalized spacial score (nSPS) is 9.19. The number of amides is 1. The molecule has 0 radical (unpaired) electrons. The monoisotopic (exact) mass is 264 g/mol. The van der Waals surface area contributed by atoms with E-state index in [1.165, 1.54) is 7.11 Å². The average Bonchev–Trinajstić information content (AvgIpc) is 2.21. The van der Waals surface area contributed by atoms with Gasteiger partial charge < -0.3 is 15.8 Å². The van der Waals surface area contributed by atoms with E-state index < -0.39 is 0 Å². The first kappa shape index (κ1) is 15.0. The van der Waals surface area contributed by atoms with Gasteiger partial charge in [-0.3, -0.25) is 4.79 Å². The molecule has 1 aromatic rings. The third-order valence-electron chi connectivity index (χ3n) is 1.81. The highest BCUT2D eigenvalue weighted by molar-refractivity contribution is 6.32. The number of nitrogens with one attached hydrogen (secondary N) is 1. The van der Waals surface area contributed by atoms with Gasteiger partial charge in [0.25, 0.3) is 0 Å².